The van der Waals surface area contributed by atoms with Gasteiger partial charge in [-0.1, -0.05) is 18.1 Å². The molecular formula is C22H22O3. The molecule has 2 aromatic rings. The lowest BCUT2D eigenvalue weighted by Crippen LogP contribution is -2.47. The van der Waals surface area contributed by atoms with E-state index in [9.17, 15) is 4.79 Å². The maximum absolute atomic E-state index is 12.5. The molecule has 3 nitrogen and oxygen atoms in total. The molecule has 0 N–H and O–H groups in total. The summed E-state index contributed by atoms with van der Waals surface area (Å²) >= 11 is 0. The number of Topliss-reactive ketones (excluding diaryl/α,β-unsaturated/α-hetero) is 1. The molecule has 0 amide bonds. The number of rotatable bonds is 1. The van der Waals surface area contributed by atoms with Crippen LogP contribution < -0.4 is 0 Å². The summed E-state index contributed by atoms with van der Waals surface area (Å²) in [4.78, 5) is 12.5. The SMILES string of the molecule is C#Cc1cccc2c(C(C)=O)c3c(cc12)CC1(COC(C)(C)OC1)C3. The standard InChI is InChI=1S/C22H22O3/c1-5-15-7-6-8-17-18(15)9-16-10-22(11-19(16)20(17)14(2)23)12-24-21(3,4)25-13-22/h1,6-9H,10-13H2,2-4H3. The maximum atomic E-state index is 12.5. The van der Waals surface area contributed by atoms with Gasteiger partial charge in [0.25, 0.3) is 0 Å². The number of hydrogen-bond acceptors (Lipinski definition) is 3. The number of carbonyl (C=O) groups excluding carboxylic acids is 1. The highest BCUT2D eigenvalue weighted by Gasteiger charge is 2.45. The van der Waals surface area contributed by atoms with Crippen LogP contribution in [0.4, 0.5) is 0 Å². The van der Waals surface area contributed by atoms with Gasteiger partial charge in [-0.2, -0.15) is 0 Å². The van der Waals surface area contributed by atoms with Crippen LogP contribution in [0.3, 0.4) is 0 Å². The summed E-state index contributed by atoms with van der Waals surface area (Å²) < 4.78 is 11.9. The zero-order valence-electron chi connectivity index (χ0n) is 14.9. The van der Waals surface area contributed by atoms with E-state index in [1.165, 1.54) is 5.56 Å². The van der Waals surface area contributed by atoms with Crippen LogP contribution in [-0.2, 0) is 22.3 Å². The normalized spacial score (nSPS) is 20.4. The lowest BCUT2D eigenvalue weighted by atomic mass is 9.85. The van der Waals surface area contributed by atoms with Crippen molar-refractivity contribution in [3.05, 3.63) is 46.5 Å². The van der Waals surface area contributed by atoms with Crippen molar-refractivity contribution in [3.8, 4) is 12.3 Å². The topological polar surface area (TPSA) is 35.5 Å². The van der Waals surface area contributed by atoms with E-state index in [-0.39, 0.29) is 11.2 Å². The third kappa shape index (κ3) is 2.57. The highest BCUT2D eigenvalue weighted by molar-refractivity contribution is 6.10. The van der Waals surface area contributed by atoms with Crippen molar-refractivity contribution in [2.75, 3.05) is 13.2 Å². The van der Waals surface area contributed by atoms with Gasteiger partial charge in [0.05, 0.1) is 13.2 Å². The first-order chi connectivity index (χ1) is 11.8. The van der Waals surface area contributed by atoms with Crippen LogP contribution in [0, 0.1) is 17.8 Å². The average molecular weight is 334 g/mol. The predicted molar refractivity (Wildman–Crippen MR) is 97.7 cm³/mol. The molecule has 1 fully saturated rings. The molecule has 0 unspecified atom stereocenters. The van der Waals surface area contributed by atoms with Crippen molar-refractivity contribution < 1.29 is 14.3 Å². The van der Waals surface area contributed by atoms with E-state index < -0.39 is 5.79 Å². The smallest absolute Gasteiger partial charge is 0.162 e. The maximum Gasteiger partial charge on any atom is 0.162 e. The minimum Gasteiger partial charge on any atom is -0.350 e. The fourth-order valence-electron chi connectivity index (χ4n) is 4.19. The van der Waals surface area contributed by atoms with E-state index in [4.69, 9.17) is 15.9 Å². The Labute approximate surface area is 148 Å². The second-order valence-corrected chi connectivity index (χ2v) is 7.82. The molecule has 0 bridgehead atoms. The van der Waals surface area contributed by atoms with Crippen LogP contribution in [0.25, 0.3) is 10.8 Å². The first-order valence-corrected chi connectivity index (χ1v) is 8.67. The van der Waals surface area contributed by atoms with Crippen LogP contribution in [0.5, 0.6) is 0 Å². The Hall–Kier alpha value is -2.15. The van der Waals surface area contributed by atoms with Crippen LogP contribution in [0.1, 0.15) is 47.8 Å². The summed E-state index contributed by atoms with van der Waals surface area (Å²) in [6.45, 7) is 6.81. The Morgan fingerprint density at radius 1 is 1.16 bits per heavy atom. The van der Waals surface area contributed by atoms with Gasteiger partial charge < -0.3 is 9.47 Å². The Morgan fingerprint density at radius 3 is 2.52 bits per heavy atom. The molecule has 1 aliphatic heterocycles. The number of benzene rings is 2. The van der Waals surface area contributed by atoms with Gasteiger partial charge in [0.1, 0.15) is 0 Å². The third-order valence-electron chi connectivity index (χ3n) is 5.46. The molecule has 1 aliphatic carbocycles. The summed E-state index contributed by atoms with van der Waals surface area (Å²) in [5.74, 6) is 2.30. The molecular weight excluding hydrogens is 312 g/mol. The highest BCUT2D eigenvalue weighted by atomic mass is 16.7. The largest absolute Gasteiger partial charge is 0.350 e. The first kappa shape index (κ1) is 16.3. The van der Waals surface area contributed by atoms with Crippen molar-refractivity contribution in [3.63, 3.8) is 0 Å². The Bertz CT molecular complexity index is 920. The summed E-state index contributed by atoms with van der Waals surface area (Å²) in [6, 6.07) is 8.02. The minimum atomic E-state index is -0.537. The Balaban J connectivity index is 1.87. The molecule has 0 radical (unpaired) electrons. The molecule has 1 spiro atoms. The number of ether oxygens (including phenoxy) is 2. The Morgan fingerprint density at radius 2 is 1.88 bits per heavy atom. The van der Waals surface area contributed by atoms with E-state index in [2.05, 4.69) is 12.0 Å². The van der Waals surface area contributed by atoms with Crippen LogP contribution in [-0.4, -0.2) is 24.8 Å². The summed E-state index contributed by atoms with van der Waals surface area (Å²) in [5.41, 5.74) is 3.90. The molecule has 3 heteroatoms. The lowest BCUT2D eigenvalue weighted by Gasteiger charge is -2.41. The van der Waals surface area contributed by atoms with Crippen LogP contribution >= 0.6 is 0 Å². The van der Waals surface area contributed by atoms with Gasteiger partial charge in [-0.3, -0.25) is 4.79 Å². The van der Waals surface area contributed by atoms with E-state index >= 15 is 0 Å². The van der Waals surface area contributed by atoms with E-state index in [0.717, 1.165) is 40.3 Å². The number of fused-ring (bicyclic) bond motifs is 2. The van der Waals surface area contributed by atoms with Crippen molar-refractivity contribution in [1.29, 1.82) is 0 Å². The van der Waals surface area contributed by atoms with Crippen molar-refractivity contribution >= 4 is 16.6 Å². The second-order valence-electron chi connectivity index (χ2n) is 7.82. The Kier molecular flexibility index (Phi) is 3.54. The van der Waals surface area contributed by atoms with E-state index in [1.807, 2.05) is 32.0 Å². The first-order valence-electron chi connectivity index (χ1n) is 8.67. The molecule has 1 saturated heterocycles. The van der Waals surface area contributed by atoms with Crippen molar-refractivity contribution in [2.24, 2.45) is 5.41 Å². The number of carbonyl (C=O) groups is 1. The number of ketones is 1. The predicted octanol–water partition coefficient (Wildman–Crippen LogP) is 3.89. The molecule has 4 rings (SSSR count). The molecule has 25 heavy (non-hydrogen) atoms. The van der Waals surface area contributed by atoms with Crippen molar-refractivity contribution in [2.45, 2.75) is 39.4 Å². The minimum absolute atomic E-state index is 0.0876. The molecule has 2 aliphatic rings. The monoisotopic (exact) mass is 334 g/mol. The number of terminal acetylenes is 1. The van der Waals surface area contributed by atoms with Crippen LogP contribution in [0.2, 0.25) is 0 Å². The van der Waals surface area contributed by atoms with Crippen molar-refractivity contribution in [1.82, 2.24) is 0 Å². The lowest BCUT2D eigenvalue weighted by molar-refractivity contribution is -0.283. The van der Waals surface area contributed by atoms with Gasteiger partial charge >= 0.3 is 0 Å². The van der Waals surface area contributed by atoms with Crippen LogP contribution in [0.15, 0.2) is 24.3 Å². The van der Waals surface area contributed by atoms with Gasteiger partial charge in [-0.15, -0.1) is 6.42 Å². The van der Waals surface area contributed by atoms with Gasteiger partial charge in [-0.05, 0) is 67.6 Å². The molecule has 0 atom stereocenters. The zero-order chi connectivity index (χ0) is 17.8. The molecule has 2 aromatic carbocycles. The summed E-state index contributed by atoms with van der Waals surface area (Å²) in [7, 11) is 0. The fourth-order valence-corrected chi connectivity index (χ4v) is 4.19. The van der Waals surface area contributed by atoms with Gasteiger partial charge in [0.15, 0.2) is 11.6 Å². The summed E-state index contributed by atoms with van der Waals surface area (Å²) in [5, 5.41) is 1.95. The number of hydrogen-bond donors (Lipinski definition) is 0. The quantitative estimate of drug-likeness (QED) is 0.586. The van der Waals surface area contributed by atoms with Gasteiger partial charge in [-0.25, -0.2) is 0 Å². The van der Waals surface area contributed by atoms with Gasteiger partial charge in [0.2, 0.25) is 0 Å². The third-order valence-corrected chi connectivity index (χ3v) is 5.46. The molecule has 0 aromatic heterocycles. The second kappa shape index (κ2) is 5.42. The summed E-state index contributed by atoms with van der Waals surface area (Å²) in [6.07, 6.45) is 7.34. The van der Waals surface area contributed by atoms with Gasteiger partial charge in [0, 0.05) is 16.5 Å². The van der Waals surface area contributed by atoms with E-state index in [0.29, 0.717) is 13.2 Å². The average Bonchev–Trinajstić information content (AvgIpc) is 2.92. The molecule has 128 valence electrons. The fraction of sp³-hybridized carbons (Fsp3) is 0.409. The van der Waals surface area contributed by atoms with E-state index in [1.54, 1.807) is 6.92 Å². The molecule has 1 heterocycles. The highest BCUT2D eigenvalue weighted by Crippen LogP contribution is 2.45. The molecule has 0 saturated carbocycles. The zero-order valence-corrected chi connectivity index (χ0v) is 14.9.